The van der Waals surface area contributed by atoms with Crippen molar-refractivity contribution in [2.24, 2.45) is 0 Å². The molecular formula is C20H35O11P. The van der Waals surface area contributed by atoms with Crippen molar-refractivity contribution in [2.75, 3.05) is 0 Å². The second-order valence-electron chi connectivity index (χ2n) is 7.89. The van der Waals surface area contributed by atoms with Crippen molar-refractivity contribution >= 4 is 25.5 Å². The molecule has 2 unspecified atom stereocenters. The Morgan fingerprint density at radius 3 is 1.97 bits per heavy atom. The molecule has 0 saturated carbocycles. The first-order chi connectivity index (χ1) is 15.1. The number of ketones is 1. The second-order valence-corrected chi connectivity index (χ2v) is 9.08. The van der Waals surface area contributed by atoms with Gasteiger partial charge in [-0.05, 0) is 6.42 Å². The molecule has 0 spiro atoms. The zero-order chi connectivity index (χ0) is 24.1. The van der Waals surface area contributed by atoms with Gasteiger partial charge in [-0.1, -0.05) is 71.1 Å². The van der Waals surface area contributed by atoms with Gasteiger partial charge in [0.15, 0.2) is 12.2 Å². The van der Waals surface area contributed by atoms with E-state index in [4.69, 9.17) is 9.79 Å². The summed E-state index contributed by atoms with van der Waals surface area (Å²) in [6.45, 7) is 2.19. The summed E-state index contributed by atoms with van der Waals surface area (Å²) in [4.78, 5) is 52.8. The predicted octanol–water partition coefficient (Wildman–Crippen LogP) is 1.88. The number of ether oxygens (including phenoxy) is 2. The molecule has 1 heterocycles. The lowest BCUT2D eigenvalue weighted by Crippen LogP contribution is -2.44. The molecule has 0 radical (unpaired) electrons. The normalized spacial score (nSPS) is 20.8. The van der Waals surface area contributed by atoms with Crippen LogP contribution in [0, 0.1) is 0 Å². The Kier molecular flexibility index (Phi) is 13.2. The molecule has 1 aliphatic rings. The number of carbonyl (C=O) groups excluding carboxylic acids is 3. The molecule has 4 atom stereocenters. The highest BCUT2D eigenvalue weighted by Crippen LogP contribution is 2.39. The number of phosphoric acid groups is 1. The van der Waals surface area contributed by atoms with Gasteiger partial charge in [-0.15, -0.1) is 0 Å². The zero-order valence-corrected chi connectivity index (χ0v) is 19.3. The van der Waals surface area contributed by atoms with Crippen LogP contribution in [0.2, 0.25) is 0 Å². The van der Waals surface area contributed by atoms with E-state index in [2.05, 4.69) is 20.9 Å². The molecule has 0 aromatic heterocycles. The minimum Gasteiger partial charge on any atom is -0.449 e. The molecule has 0 aliphatic carbocycles. The van der Waals surface area contributed by atoms with Crippen LogP contribution in [0.25, 0.3) is 0 Å². The lowest BCUT2D eigenvalue weighted by molar-refractivity contribution is -0.201. The third-order valence-corrected chi connectivity index (χ3v) is 5.56. The number of unbranched alkanes of at least 4 members (excludes halogenated alkanes) is 10. The molecule has 186 valence electrons. The van der Waals surface area contributed by atoms with Gasteiger partial charge in [0.2, 0.25) is 18.2 Å². The zero-order valence-electron chi connectivity index (χ0n) is 18.4. The van der Waals surface area contributed by atoms with Crippen LogP contribution in [-0.4, -0.2) is 62.3 Å². The largest absolute Gasteiger partial charge is 0.470 e. The summed E-state index contributed by atoms with van der Waals surface area (Å²) in [5.74, 6) is -3.53. The topological polar surface area (TPSA) is 177 Å². The van der Waals surface area contributed by atoms with E-state index in [1.165, 1.54) is 38.5 Å². The summed E-state index contributed by atoms with van der Waals surface area (Å²) in [5.41, 5.74) is 0. The van der Waals surface area contributed by atoms with Crippen molar-refractivity contribution < 1.29 is 52.9 Å². The van der Waals surface area contributed by atoms with Gasteiger partial charge in [0.1, 0.15) is 0 Å². The minimum absolute atomic E-state index is 0.00312. The summed E-state index contributed by atoms with van der Waals surface area (Å²) < 4.78 is 24.0. The molecule has 0 amide bonds. The third-order valence-electron chi connectivity index (χ3n) is 5.08. The van der Waals surface area contributed by atoms with Crippen LogP contribution >= 0.6 is 7.82 Å². The smallest absolute Gasteiger partial charge is 0.449 e. The van der Waals surface area contributed by atoms with Gasteiger partial charge in [-0.25, -0.2) is 9.36 Å². The molecule has 0 bridgehead atoms. The van der Waals surface area contributed by atoms with E-state index in [9.17, 15) is 29.2 Å². The summed E-state index contributed by atoms with van der Waals surface area (Å²) >= 11 is 0. The van der Waals surface area contributed by atoms with Gasteiger partial charge in [0, 0.05) is 6.42 Å². The molecule has 1 saturated heterocycles. The molecule has 32 heavy (non-hydrogen) atoms. The van der Waals surface area contributed by atoms with E-state index in [-0.39, 0.29) is 6.42 Å². The first-order valence-corrected chi connectivity index (χ1v) is 12.6. The van der Waals surface area contributed by atoms with Crippen LogP contribution in [0.4, 0.5) is 0 Å². The van der Waals surface area contributed by atoms with Crippen LogP contribution in [0.1, 0.15) is 84.0 Å². The molecule has 1 fully saturated rings. The lowest BCUT2D eigenvalue weighted by Gasteiger charge is -2.21. The number of hydrogen-bond donors (Lipinski definition) is 4. The molecule has 0 aromatic carbocycles. The van der Waals surface area contributed by atoms with E-state index < -0.39 is 50.1 Å². The summed E-state index contributed by atoms with van der Waals surface area (Å²) in [6.07, 6.45) is 3.59. The van der Waals surface area contributed by atoms with Crippen molar-refractivity contribution in [2.45, 2.75) is 109 Å². The Morgan fingerprint density at radius 1 is 0.969 bits per heavy atom. The van der Waals surface area contributed by atoms with Crippen LogP contribution in [0.15, 0.2) is 0 Å². The third kappa shape index (κ3) is 11.0. The quantitative estimate of drug-likeness (QED) is 0.0782. The highest BCUT2D eigenvalue weighted by molar-refractivity contribution is 7.46. The second kappa shape index (κ2) is 14.7. The Balaban J connectivity index is 2.22. The Bertz CT molecular complexity index is 647. The number of aliphatic hydroxyl groups excluding tert-OH is 2. The van der Waals surface area contributed by atoms with E-state index in [0.717, 1.165) is 25.7 Å². The standard InChI is InChI=1S/C20H35O11P/c1-2-3-4-5-6-7-8-9-10-11-12-13-14(21)29-19(24)16(23)17-15(22)18(20(25)30-17)31-32(26,27)28/h16-19,23-24H,2-13H2,1H3,(H2,26,27,28)/t16-,17+,18?,19?/m1/s1. The minimum atomic E-state index is -5.18. The Labute approximate surface area is 187 Å². The number of cyclic esters (lactones) is 1. The van der Waals surface area contributed by atoms with Gasteiger partial charge >= 0.3 is 19.8 Å². The Hall–Kier alpha value is -1.36. The van der Waals surface area contributed by atoms with Crippen molar-refractivity contribution in [3.05, 3.63) is 0 Å². The maximum absolute atomic E-state index is 12.0. The van der Waals surface area contributed by atoms with E-state index in [1.54, 1.807) is 0 Å². The van der Waals surface area contributed by atoms with Crippen LogP contribution < -0.4 is 0 Å². The van der Waals surface area contributed by atoms with Gasteiger partial charge in [0.25, 0.3) is 0 Å². The summed E-state index contributed by atoms with van der Waals surface area (Å²) in [7, 11) is -5.18. The van der Waals surface area contributed by atoms with Crippen LogP contribution in [0.3, 0.4) is 0 Å². The fraction of sp³-hybridized carbons (Fsp3) is 0.850. The Morgan fingerprint density at radius 2 is 1.47 bits per heavy atom. The molecule has 0 aromatic rings. The number of esters is 2. The number of rotatable bonds is 17. The first-order valence-electron chi connectivity index (χ1n) is 11.1. The number of phosphoric ester groups is 1. The van der Waals surface area contributed by atoms with Crippen molar-refractivity contribution in [1.82, 2.24) is 0 Å². The highest BCUT2D eigenvalue weighted by Gasteiger charge is 2.52. The van der Waals surface area contributed by atoms with Gasteiger partial charge < -0.3 is 29.5 Å². The maximum Gasteiger partial charge on any atom is 0.470 e. The molecule has 12 heteroatoms. The SMILES string of the molecule is CCCCCCCCCCCCCC(=O)OC(O)[C@H](O)[C@H]1OC(=O)C(OP(=O)(O)O)C1=O. The summed E-state index contributed by atoms with van der Waals surface area (Å²) in [5, 5.41) is 19.8. The van der Waals surface area contributed by atoms with E-state index in [1.807, 2.05) is 0 Å². The number of aliphatic hydroxyl groups is 2. The molecule has 1 rings (SSSR count). The molecular weight excluding hydrogens is 447 g/mol. The van der Waals surface area contributed by atoms with Crippen LogP contribution in [-0.2, 0) is 32.9 Å². The van der Waals surface area contributed by atoms with Crippen LogP contribution in [0.5, 0.6) is 0 Å². The van der Waals surface area contributed by atoms with Gasteiger partial charge in [0.05, 0.1) is 0 Å². The average Bonchev–Trinajstić information content (AvgIpc) is 2.98. The van der Waals surface area contributed by atoms with Crippen molar-refractivity contribution in [3.63, 3.8) is 0 Å². The van der Waals surface area contributed by atoms with Gasteiger partial charge in [-0.3, -0.25) is 14.1 Å². The predicted molar refractivity (Wildman–Crippen MR) is 111 cm³/mol. The van der Waals surface area contributed by atoms with Gasteiger partial charge in [-0.2, -0.15) is 0 Å². The number of Topliss-reactive ketones (excluding diaryl/α,β-unsaturated/α-hetero) is 1. The first kappa shape index (κ1) is 28.7. The number of hydrogen-bond acceptors (Lipinski definition) is 9. The fourth-order valence-corrected chi connectivity index (χ4v) is 3.79. The molecule has 11 nitrogen and oxygen atoms in total. The molecule has 4 N–H and O–H groups in total. The fourth-order valence-electron chi connectivity index (χ4n) is 3.33. The maximum atomic E-state index is 12.0. The highest BCUT2D eigenvalue weighted by atomic mass is 31.2. The summed E-state index contributed by atoms with van der Waals surface area (Å²) in [6, 6.07) is 0. The van der Waals surface area contributed by atoms with E-state index in [0.29, 0.717) is 6.42 Å². The molecule has 1 aliphatic heterocycles. The number of carbonyl (C=O) groups is 3. The lowest BCUT2D eigenvalue weighted by atomic mass is 10.1. The van der Waals surface area contributed by atoms with Crippen molar-refractivity contribution in [3.8, 4) is 0 Å². The van der Waals surface area contributed by atoms with Crippen molar-refractivity contribution in [1.29, 1.82) is 0 Å². The average molecular weight is 482 g/mol. The van der Waals surface area contributed by atoms with E-state index >= 15 is 0 Å². The monoisotopic (exact) mass is 482 g/mol.